The highest BCUT2D eigenvalue weighted by Crippen LogP contribution is 2.65. The van der Waals surface area contributed by atoms with Crippen LogP contribution in [0.5, 0.6) is 5.75 Å². The summed E-state index contributed by atoms with van der Waals surface area (Å²) in [5, 5.41) is 46.9. The molecular formula is C34H46O7. The number of phenols is 1. The van der Waals surface area contributed by atoms with Crippen molar-refractivity contribution < 1.29 is 34.8 Å². The second-order valence-corrected chi connectivity index (χ2v) is 13.8. The second kappa shape index (κ2) is 10.4. The van der Waals surface area contributed by atoms with Crippen molar-refractivity contribution in [1.82, 2.24) is 0 Å². The van der Waals surface area contributed by atoms with Gasteiger partial charge < -0.3 is 20.4 Å². The molecule has 3 aliphatic rings. The molecular weight excluding hydrogens is 520 g/mol. The summed E-state index contributed by atoms with van der Waals surface area (Å²) in [5.41, 5.74) is -3.04. The van der Waals surface area contributed by atoms with E-state index in [1.54, 1.807) is 20.8 Å². The highest BCUT2D eigenvalue weighted by atomic mass is 16.3. The van der Waals surface area contributed by atoms with E-state index in [9.17, 15) is 34.8 Å². The van der Waals surface area contributed by atoms with E-state index in [0.717, 1.165) is 43.7 Å². The minimum atomic E-state index is -2.59. The van der Waals surface area contributed by atoms with E-state index >= 15 is 0 Å². The Kier molecular flexibility index (Phi) is 7.87. The summed E-state index contributed by atoms with van der Waals surface area (Å²) in [7, 11) is 0. The maximum Gasteiger partial charge on any atom is 0.203 e. The van der Waals surface area contributed by atoms with Crippen LogP contribution < -0.4 is 0 Å². The fraction of sp³-hybridized carbons (Fsp3) is 0.618. The van der Waals surface area contributed by atoms with Gasteiger partial charge in [-0.3, -0.25) is 14.4 Å². The van der Waals surface area contributed by atoms with Crippen LogP contribution in [0.3, 0.4) is 0 Å². The normalized spacial score (nSPS) is 29.7. The number of carbonyl (C=O) groups is 3. The van der Waals surface area contributed by atoms with Gasteiger partial charge in [0.2, 0.25) is 5.78 Å². The molecule has 1 unspecified atom stereocenters. The van der Waals surface area contributed by atoms with Crippen LogP contribution >= 0.6 is 0 Å². The van der Waals surface area contributed by atoms with Crippen molar-refractivity contribution in [3.63, 3.8) is 0 Å². The van der Waals surface area contributed by atoms with Gasteiger partial charge in [-0.25, -0.2) is 0 Å². The molecule has 1 fully saturated rings. The minimum absolute atomic E-state index is 0.0656. The number of hydrogen-bond acceptors (Lipinski definition) is 7. The van der Waals surface area contributed by atoms with Gasteiger partial charge in [0, 0.05) is 22.3 Å². The molecule has 0 spiro atoms. The molecule has 4 atom stereocenters. The topological polar surface area (TPSA) is 132 Å². The quantitative estimate of drug-likeness (QED) is 0.210. The number of fused-ring (bicyclic) bond motifs is 3. The van der Waals surface area contributed by atoms with E-state index in [1.807, 2.05) is 13.0 Å². The van der Waals surface area contributed by atoms with E-state index in [-0.39, 0.29) is 35.1 Å². The predicted octanol–water partition coefficient (Wildman–Crippen LogP) is 6.44. The molecule has 41 heavy (non-hydrogen) atoms. The summed E-state index contributed by atoms with van der Waals surface area (Å²) in [6.45, 7) is 14.5. The number of aliphatic hydroxyl groups excluding tert-OH is 2. The molecule has 0 bridgehead atoms. The summed E-state index contributed by atoms with van der Waals surface area (Å²) >= 11 is 0. The lowest BCUT2D eigenvalue weighted by molar-refractivity contribution is -0.178. The highest BCUT2D eigenvalue weighted by molar-refractivity contribution is 6.24. The SMILES string of the molecule is CCCCCCc1cc(C(C)C)c2c(c1O)C(O)=C1C(=O)[C@@]3(O)C(O)=C(C(C)=O)C(=O)C(C(C)C)[C@@]3(C)C[C@@]1(C)C2. The third-order valence-electron chi connectivity index (χ3n) is 10.0. The predicted molar refractivity (Wildman–Crippen MR) is 158 cm³/mol. The summed E-state index contributed by atoms with van der Waals surface area (Å²) in [4.78, 5) is 40.7. The molecule has 3 aliphatic carbocycles. The summed E-state index contributed by atoms with van der Waals surface area (Å²) in [5.74, 6) is -4.83. The van der Waals surface area contributed by atoms with Gasteiger partial charge in [-0.1, -0.05) is 73.8 Å². The Morgan fingerprint density at radius 3 is 2.22 bits per heavy atom. The Morgan fingerprint density at radius 2 is 1.68 bits per heavy atom. The van der Waals surface area contributed by atoms with Crippen LogP contribution in [0.15, 0.2) is 23.0 Å². The molecule has 1 aromatic carbocycles. The monoisotopic (exact) mass is 566 g/mol. The fourth-order valence-corrected chi connectivity index (χ4v) is 8.32. The summed E-state index contributed by atoms with van der Waals surface area (Å²) in [6.07, 6.45) is 5.08. The maximum atomic E-state index is 14.5. The van der Waals surface area contributed by atoms with Crippen LogP contribution in [-0.2, 0) is 27.2 Å². The number of unbranched alkanes of at least 4 members (excludes halogenated alkanes) is 3. The van der Waals surface area contributed by atoms with E-state index in [1.165, 1.54) is 0 Å². The summed E-state index contributed by atoms with van der Waals surface area (Å²) in [6, 6.07) is 2.02. The van der Waals surface area contributed by atoms with Gasteiger partial charge in [0.15, 0.2) is 17.2 Å². The molecule has 4 rings (SSSR count). The number of aryl methyl sites for hydroxylation is 1. The zero-order chi connectivity index (χ0) is 30.8. The summed E-state index contributed by atoms with van der Waals surface area (Å²) < 4.78 is 0. The zero-order valence-corrected chi connectivity index (χ0v) is 25.8. The van der Waals surface area contributed by atoms with E-state index in [2.05, 4.69) is 20.8 Å². The first kappa shape index (κ1) is 31.0. The Balaban J connectivity index is 2.01. The molecule has 1 aromatic rings. The Hall–Kier alpha value is -2.93. The average Bonchev–Trinajstić information content (AvgIpc) is 2.84. The standard InChI is InChI=1S/C34H46O7/c1-9-10-11-12-13-20-14-21(17(2)3)22-15-32(7)16-33(8)25(18(4)5)28(37)23(19(6)35)30(39)34(33,41)31(40)26(32)29(38)24(22)27(20)36/h14,17-18,25,36,38-39,41H,9-13,15-16H2,1-8H3/t25?,32-,33-,34+/m1/s1. The Labute approximate surface area is 243 Å². The molecule has 0 radical (unpaired) electrons. The molecule has 224 valence electrons. The third kappa shape index (κ3) is 4.29. The van der Waals surface area contributed by atoms with Crippen molar-refractivity contribution in [3.05, 3.63) is 45.2 Å². The molecule has 4 N–H and O–H groups in total. The van der Waals surface area contributed by atoms with Crippen LogP contribution in [-0.4, -0.2) is 43.4 Å². The number of phenolic OH excluding ortho intramolecular Hbond substituents is 1. The van der Waals surface area contributed by atoms with Crippen LogP contribution in [0.25, 0.3) is 5.76 Å². The number of aromatic hydroxyl groups is 1. The molecule has 0 heterocycles. The Bertz CT molecular complexity index is 1380. The van der Waals surface area contributed by atoms with Gasteiger partial charge in [0.1, 0.15) is 22.8 Å². The minimum Gasteiger partial charge on any atom is -0.508 e. The van der Waals surface area contributed by atoms with Gasteiger partial charge >= 0.3 is 0 Å². The lowest BCUT2D eigenvalue weighted by atomic mass is 9.43. The van der Waals surface area contributed by atoms with Crippen molar-refractivity contribution in [2.75, 3.05) is 0 Å². The Morgan fingerprint density at radius 1 is 1.05 bits per heavy atom. The van der Waals surface area contributed by atoms with Gasteiger partial charge in [0.05, 0.1) is 5.56 Å². The van der Waals surface area contributed by atoms with Crippen LogP contribution in [0.2, 0.25) is 0 Å². The van der Waals surface area contributed by atoms with Crippen molar-refractivity contribution in [3.8, 4) is 5.75 Å². The van der Waals surface area contributed by atoms with E-state index < -0.39 is 56.8 Å². The van der Waals surface area contributed by atoms with Crippen LogP contribution in [0.4, 0.5) is 0 Å². The van der Waals surface area contributed by atoms with Gasteiger partial charge in [-0.05, 0) is 61.1 Å². The first-order valence-corrected chi connectivity index (χ1v) is 15.1. The number of allylic oxidation sites excluding steroid dienone is 1. The van der Waals surface area contributed by atoms with Crippen molar-refractivity contribution in [2.45, 2.75) is 112 Å². The largest absolute Gasteiger partial charge is 0.508 e. The smallest absolute Gasteiger partial charge is 0.203 e. The lowest BCUT2D eigenvalue weighted by Crippen LogP contribution is -2.69. The highest BCUT2D eigenvalue weighted by Gasteiger charge is 2.72. The molecule has 0 aromatic heterocycles. The number of hydrogen-bond donors (Lipinski definition) is 4. The number of Topliss-reactive ketones (excluding diaryl/α,β-unsaturated/α-hetero) is 3. The molecule has 7 heteroatoms. The maximum absolute atomic E-state index is 14.5. The zero-order valence-electron chi connectivity index (χ0n) is 25.8. The second-order valence-electron chi connectivity index (χ2n) is 13.8. The van der Waals surface area contributed by atoms with Gasteiger partial charge in [-0.15, -0.1) is 0 Å². The third-order valence-corrected chi connectivity index (χ3v) is 10.0. The van der Waals surface area contributed by atoms with E-state index in [4.69, 9.17) is 0 Å². The van der Waals surface area contributed by atoms with Crippen molar-refractivity contribution in [1.29, 1.82) is 0 Å². The lowest BCUT2D eigenvalue weighted by Gasteiger charge is -2.60. The van der Waals surface area contributed by atoms with Crippen LogP contribution in [0.1, 0.15) is 116 Å². The number of aliphatic hydroxyl groups is 3. The first-order valence-electron chi connectivity index (χ1n) is 15.1. The number of carbonyl (C=O) groups excluding carboxylic acids is 3. The van der Waals surface area contributed by atoms with Crippen molar-refractivity contribution >= 4 is 23.1 Å². The average molecular weight is 567 g/mol. The fourth-order valence-electron chi connectivity index (χ4n) is 8.32. The van der Waals surface area contributed by atoms with Crippen LogP contribution in [0, 0.1) is 22.7 Å². The number of benzene rings is 1. The molecule has 1 saturated carbocycles. The molecule has 7 nitrogen and oxygen atoms in total. The molecule has 0 amide bonds. The number of ketones is 3. The van der Waals surface area contributed by atoms with Crippen molar-refractivity contribution in [2.24, 2.45) is 22.7 Å². The molecule has 0 aliphatic heterocycles. The number of rotatable bonds is 8. The van der Waals surface area contributed by atoms with Gasteiger partial charge in [0.25, 0.3) is 0 Å². The van der Waals surface area contributed by atoms with Gasteiger partial charge in [-0.2, -0.15) is 0 Å². The molecule has 0 saturated heterocycles. The first-order chi connectivity index (χ1) is 19.0. The van der Waals surface area contributed by atoms with E-state index in [0.29, 0.717) is 18.4 Å².